The molecule has 0 aliphatic carbocycles. The van der Waals surface area contributed by atoms with Crippen LogP contribution in [0.4, 0.5) is 0 Å². The smallest absolute Gasteiger partial charge is 0.267 e. The van der Waals surface area contributed by atoms with Crippen LogP contribution in [0.2, 0.25) is 0 Å². The maximum atomic E-state index is 11.7. The van der Waals surface area contributed by atoms with E-state index in [1.54, 1.807) is 24.3 Å². The van der Waals surface area contributed by atoms with Gasteiger partial charge in [0.1, 0.15) is 0 Å². The zero-order valence-corrected chi connectivity index (χ0v) is 20.6. The summed E-state index contributed by atoms with van der Waals surface area (Å²) in [5, 5.41) is 8.12. The van der Waals surface area contributed by atoms with E-state index in [9.17, 15) is 9.59 Å². The summed E-state index contributed by atoms with van der Waals surface area (Å²) in [7, 11) is 0. The molecule has 4 aromatic carbocycles. The first kappa shape index (κ1) is 27.2. The van der Waals surface area contributed by atoms with Gasteiger partial charge in [-0.2, -0.15) is 36.4 Å². The van der Waals surface area contributed by atoms with E-state index in [0.717, 1.165) is 22.6 Å². The van der Waals surface area contributed by atoms with E-state index in [4.69, 9.17) is 0 Å². The van der Waals surface area contributed by atoms with Gasteiger partial charge in [0, 0.05) is 11.1 Å². The topological polar surface area (TPSA) is 82.9 Å². The Balaban J connectivity index is 0.000000240. The summed E-state index contributed by atoms with van der Waals surface area (Å²) in [6.07, 6.45) is 0. The van der Waals surface area contributed by atoms with Crippen molar-refractivity contribution in [1.82, 2.24) is 10.9 Å². The first-order valence-corrected chi connectivity index (χ1v) is 10.8. The van der Waals surface area contributed by atoms with Crippen molar-refractivity contribution in [2.24, 2.45) is 10.2 Å². The third kappa shape index (κ3) is 8.66. The molecule has 0 bridgehead atoms. The fraction of sp³-hybridized carbons (Fsp3) is 0.0714. The van der Waals surface area contributed by atoms with E-state index in [1.807, 2.05) is 98.8 Å². The Kier molecular flexibility index (Phi) is 11.1. The van der Waals surface area contributed by atoms with Gasteiger partial charge in [0.05, 0.1) is 0 Å². The number of rotatable bonds is 6. The number of hydrazone groups is 2. The molecule has 6 nitrogen and oxygen atoms in total. The number of benzene rings is 2. The Bertz CT molecular complexity index is 1130. The van der Waals surface area contributed by atoms with E-state index < -0.39 is 0 Å². The Labute approximate surface area is 216 Å². The maximum absolute atomic E-state index is 11.7. The minimum atomic E-state index is -0.198. The molecule has 0 atom stereocenters. The molecule has 0 unspecified atom stereocenters. The van der Waals surface area contributed by atoms with Crippen molar-refractivity contribution in [3.63, 3.8) is 0 Å². The molecule has 0 saturated carbocycles. The summed E-state index contributed by atoms with van der Waals surface area (Å²) >= 11 is 0. The van der Waals surface area contributed by atoms with Gasteiger partial charge in [0.2, 0.25) is 0 Å². The van der Waals surface area contributed by atoms with Crippen LogP contribution < -0.4 is 10.9 Å². The van der Waals surface area contributed by atoms with Crippen LogP contribution >= 0.6 is 0 Å². The number of carbonyl (C=O) groups excluding carboxylic acids is 2. The van der Waals surface area contributed by atoms with E-state index in [2.05, 4.69) is 21.1 Å². The van der Waals surface area contributed by atoms with E-state index in [1.165, 1.54) is 0 Å². The minimum absolute atomic E-state index is 0. The molecule has 2 N–H and O–H groups in total. The minimum Gasteiger partial charge on any atom is -0.267 e. The molecule has 4 rings (SSSR count). The monoisotopic (exact) mass is 506 g/mol. The summed E-state index contributed by atoms with van der Waals surface area (Å²) in [6, 6.07) is 33.6. The molecule has 0 heterocycles. The molecule has 0 aromatic heterocycles. The molecule has 2 amide bonds. The summed E-state index contributed by atoms with van der Waals surface area (Å²) < 4.78 is 0. The van der Waals surface area contributed by atoms with Crippen LogP contribution in [0.15, 0.2) is 119 Å². The van der Waals surface area contributed by atoms with Gasteiger partial charge >= 0.3 is 17.1 Å². The van der Waals surface area contributed by atoms with Crippen molar-refractivity contribution < 1.29 is 26.7 Å². The second-order valence-corrected chi connectivity index (χ2v) is 7.36. The van der Waals surface area contributed by atoms with Crippen LogP contribution in [0.5, 0.6) is 0 Å². The third-order valence-corrected chi connectivity index (χ3v) is 4.88. The third-order valence-electron chi connectivity index (χ3n) is 4.88. The Morgan fingerprint density at radius 3 is 1.29 bits per heavy atom. The molecule has 4 aromatic rings. The molecular weight excluding hydrogens is 480 g/mol. The summed E-state index contributed by atoms with van der Waals surface area (Å²) in [4.78, 5) is 23.4. The van der Waals surface area contributed by atoms with Crippen molar-refractivity contribution in [2.75, 3.05) is 0 Å². The number of carbonyl (C=O) groups is 2. The maximum Gasteiger partial charge on any atom is 2.00 e. The molecule has 0 saturated heterocycles. The van der Waals surface area contributed by atoms with Gasteiger partial charge in [-0.3, -0.25) is 20.4 Å². The molecular formula is C28H26FeN4O2. The van der Waals surface area contributed by atoms with Crippen molar-refractivity contribution in [3.8, 4) is 0 Å². The Morgan fingerprint density at radius 2 is 0.971 bits per heavy atom. The van der Waals surface area contributed by atoms with Crippen LogP contribution in [-0.2, 0) is 17.1 Å². The van der Waals surface area contributed by atoms with E-state index in [0.29, 0.717) is 11.1 Å². The summed E-state index contributed by atoms with van der Waals surface area (Å²) in [6.45, 7) is 3.72. The summed E-state index contributed by atoms with van der Waals surface area (Å²) in [5.74, 6) is -0.395. The van der Waals surface area contributed by atoms with Gasteiger partial charge in [0.25, 0.3) is 11.8 Å². The van der Waals surface area contributed by atoms with Crippen molar-refractivity contribution >= 4 is 23.2 Å². The molecule has 0 aliphatic heterocycles. The molecule has 0 spiro atoms. The number of hydrogen-bond acceptors (Lipinski definition) is 4. The second-order valence-electron chi connectivity index (χ2n) is 7.36. The van der Waals surface area contributed by atoms with Gasteiger partial charge in [-0.25, -0.2) is 10.2 Å². The molecule has 0 radical (unpaired) electrons. The molecule has 7 heteroatoms. The van der Waals surface area contributed by atoms with Gasteiger partial charge in [-0.1, -0.05) is 50.2 Å². The number of nitrogens with zero attached hydrogens (tertiary/aromatic N) is 2. The first-order valence-electron chi connectivity index (χ1n) is 10.8. The predicted molar refractivity (Wildman–Crippen MR) is 136 cm³/mol. The zero-order valence-electron chi connectivity index (χ0n) is 19.5. The Morgan fingerprint density at radius 1 is 0.600 bits per heavy atom. The fourth-order valence-corrected chi connectivity index (χ4v) is 2.94. The van der Waals surface area contributed by atoms with Crippen molar-refractivity contribution in [3.05, 3.63) is 131 Å². The quantitative estimate of drug-likeness (QED) is 0.165. The normalized spacial score (nSPS) is 10.9. The number of hydrogen-bond donors (Lipinski definition) is 2. The predicted octanol–water partition coefficient (Wildman–Crippen LogP) is 5.12. The van der Waals surface area contributed by atoms with Crippen LogP contribution in [0.1, 0.15) is 45.7 Å². The Hall–Kier alpha value is -4.06. The molecule has 35 heavy (non-hydrogen) atoms. The van der Waals surface area contributed by atoms with E-state index >= 15 is 0 Å². The van der Waals surface area contributed by atoms with Gasteiger partial charge in [-0.05, 0) is 35.7 Å². The van der Waals surface area contributed by atoms with Gasteiger partial charge < -0.3 is 0 Å². The SMILES string of the molecule is C/C(=N/NC(=O)c1ccccc1)c1ccc[cH-]1.C/C(=N\NC(=O)c1ccccc1)c1ccc[cH-]1.[Fe+2]. The largest absolute Gasteiger partial charge is 2.00 e. The number of amides is 2. The molecule has 0 aliphatic rings. The van der Waals surface area contributed by atoms with Crippen molar-refractivity contribution in [2.45, 2.75) is 13.8 Å². The summed E-state index contributed by atoms with van der Waals surface area (Å²) in [5.41, 5.74) is 9.89. The molecule has 0 fully saturated rings. The van der Waals surface area contributed by atoms with Crippen LogP contribution in [0.3, 0.4) is 0 Å². The second kappa shape index (κ2) is 14.3. The van der Waals surface area contributed by atoms with Crippen LogP contribution in [0, 0.1) is 0 Å². The van der Waals surface area contributed by atoms with Crippen molar-refractivity contribution in [1.29, 1.82) is 0 Å². The fourth-order valence-electron chi connectivity index (χ4n) is 2.94. The van der Waals surface area contributed by atoms with Gasteiger partial charge in [0.15, 0.2) is 0 Å². The van der Waals surface area contributed by atoms with Gasteiger partial charge in [-0.15, -0.1) is 23.3 Å². The first-order chi connectivity index (χ1) is 16.5. The zero-order chi connectivity index (χ0) is 24.2. The standard InChI is InChI=1S/2C14H13N2O.Fe/c2*1-11(12-7-5-6-8-12)15-16-14(17)13-9-3-2-4-10-13;/h2*2-10H,1H3,(H,16,17);/q2*-1;+2/b15-11+;15-11-;. The van der Waals surface area contributed by atoms with E-state index in [-0.39, 0.29) is 28.9 Å². The number of nitrogens with one attached hydrogen (secondary N) is 2. The average Bonchev–Trinajstić information content (AvgIpc) is 3.62. The average molecular weight is 506 g/mol. The van der Waals surface area contributed by atoms with Crippen LogP contribution in [0.25, 0.3) is 0 Å². The van der Waals surface area contributed by atoms with Crippen LogP contribution in [-0.4, -0.2) is 23.2 Å². The molecule has 178 valence electrons.